The van der Waals surface area contributed by atoms with E-state index in [1.165, 1.54) is 0 Å². The molecule has 1 unspecified atom stereocenters. The minimum atomic E-state index is -4.40. The Balaban J connectivity index is 0.00000392. The number of hydrogen-bond donors (Lipinski definition) is 2. The number of hydrogen-bond acceptors (Lipinski definition) is 4. The number of para-hydroxylation sites is 1. The van der Waals surface area contributed by atoms with Crippen molar-refractivity contribution in [2.75, 3.05) is 19.6 Å². The summed E-state index contributed by atoms with van der Waals surface area (Å²) in [5.41, 5.74) is -0.838. The minimum Gasteiger partial charge on any atom is -0.489 e. The van der Waals surface area contributed by atoms with Gasteiger partial charge in [-0.05, 0) is 26.0 Å². The summed E-state index contributed by atoms with van der Waals surface area (Å²) in [6, 6.07) is 9.49. The smallest absolute Gasteiger partial charge is 0.434 e. The average molecular weight is 528 g/mol. The van der Waals surface area contributed by atoms with Crippen LogP contribution in [0.15, 0.2) is 40.7 Å². The second-order valence-electron chi connectivity index (χ2n) is 5.76. The Kier molecular flexibility index (Phi) is 10.6. The zero-order valence-electron chi connectivity index (χ0n) is 15.6. The van der Waals surface area contributed by atoms with Gasteiger partial charge in [0, 0.05) is 24.9 Å². The van der Waals surface area contributed by atoms with Gasteiger partial charge in [-0.1, -0.05) is 18.2 Å². The maximum Gasteiger partial charge on any atom is 0.434 e. The van der Waals surface area contributed by atoms with Gasteiger partial charge in [0.2, 0.25) is 0 Å². The molecule has 28 heavy (non-hydrogen) atoms. The Morgan fingerprint density at radius 3 is 2.57 bits per heavy atom. The first-order valence-electron chi connectivity index (χ1n) is 8.64. The largest absolute Gasteiger partial charge is 0.489 e. The molecule has 5 nitrogen and oxygen atoms in total. The van der Waals surface area contributed by atoms with Crippen LogP contribution in [-0.4, -0.2) is 36.7 Å². The van der Waals surface area contributed by atoms with Gasteiger partial charge in [-0.2, -0.15) is 13.2 Å². The summed E-state index contributed by atoms with van der Waals surface area (Å²) >= 11 is 1.01. The van der Waals surface area contributed by atoms with Crippen molar-refractivity contribution in [2.24, 2.45) is 4.99 Å². The molecule has 2 aromatic rings. The summed E-state index contributed by atoms with van der Waals surface area (Å²) in [5, 5.41) is 7.68. The zero-order valence-corrected chi connectivity index (χ0v) is 18.8. The maximum absolute atomic E-state index is 12.6. The van der Waals surface area contributed by atoms with E-state index in [-0.39, 0.29) is 30.1 Å². The molecule has 0 aliphatic heterocycles. The number of aromatic nitrogens is 1. The normalized spacial score (nSPS) is 12.8. The van der Waals surface area contributed by atoms with Gasteiger partial charge in [0.1, 0.15) is 11.9 Å². The SMILES string of the molecule is CCNC(=NCC(C)Oc1ccccc1)NCCc1nc(C(F)(F)F)cs1.I. The molecular weight excluding hydrogens is 504 g/mol. The number of alkyl halides is 3. The third kappa shape index (κ3) is 8.63. The molecule has 1 aromatic heterocycles. The number of benzene rings is 1. The molecule has 0 bridgehead atoms. The number of aliphatic imine (C=N–C) groups is 1. The average Bonchev–Trinajstić information content (AvgIpc) is 3.10. The highest BCUT2D eigenvalue weighted by molar-refractivity contribution is 14.0. The first kappa shape index (κ1) is 24.5. The van der Waals surface area contributed by atoms with Crippen molar-refractivity contribution in [2.45, 2.75) is 32.5 Å². The van der Waals surface area contributed by atoms with Gasteiger partial charge in [-0.3, -0.25) is 0 Å². The van der Waals surface area contributed by atoms with E-state index in [2.05, 4.69) is 20.6 Å². The van der Waals surface area contributed by atoms with E-state index >= 15 is 0 Å². The lowest BCUT2D eigenvalue weighted by Crippen LogP contribution is -2.39. The summed E-state index contributed by atoms with van der Waals surface area (Å²) in [6.45, 7) is 5.42. The second-order valence-corrected chi connectivity index (χ2v) is 6.70. The summed E-state index contributed by atoms with van der Waals surface area (Å²) in [6.07, 6.45) is -4.12. The first-order chi connectivity index (χ1) is 12.9. The highest BCUT2D eigenvalue weighted by Gasteiger charge is 2.33. The molecular formula is C18H24F3IN4OS. The van der Waals surface area contributed by atoms with E-state index in [9.17, 15) is 13.2 Å². The fraction of sp³-hybridized carbons (Fsp3) is 0.444. The van der Waals surface area contributed by atoms with Gasteiger partial charge in [0.05, 0.1) is 11.6 Å². The predicted octanol–water partition coefficient (Wildman–Crippen LogP) is 4.35. The molecule has 1 heterocycles. The van der Waals surface area contributed by atoms with E-state index in [4.69, 9.17) is 4.74 Å². The molecule has 0 radical (unpaired) electrons. The predicted molar refractivity (Wildman–Crippen MR) is 117 cm³/mol. The molecule has 0 spiro atoms. The number of guanidine groups is 1. The number of ether oxygens (including phenoxy) is 1. The molecule has 1 aromatic carbocycles. The fourth-order valence-electron chi connectivity index (χ4n) is 2.17. The molecule has 0 saturated heterocycles. The number of thiazole rings is 1. The van der Waals surface area contributed by atoms with Crippen LogP contribution in [0.1, 0.15) is 24.5 Å². The molecule has 0 saturated carbocycles. The maximum atomic E-state index is 12.6. The van der Waals surface area contributed by atoms with Crippen LogP contribution < -0.4 is 15.4 Å². The summed E-state index contributed by atoms with van der Waals surface area (Å²) in [5.74, 6) is 1.37. The molecule has 10 heteroatoms. The Labute approximate surface area is 183 Å². The molecule has 0 amide bonds. The lowest BCUT2D eigenvalue weighted by atomic mass is 10.3. The molecule has 1 atom stereocenters. The molecule has 0 aliphatic rings. The Morgan fingerprint density at radius 1 is 1.25 bits per heavy atom. The lowest BCUT2D eigenvalue weighted by Gasteiger charge is -2.15. The van der Waals surface area contributed by atoms with E-state index in [1.54, 1.807) is 0 Å². The van der Waals surface area contributed by atoms with Crippen molar-refractivity contribution in [3.63, 3.8) is 0 Å². The van der Waals surface area contributed by atoms with Crippen LogP contribution in [0.3, 0.4) is 0 Å². The number of halogens is 4. The van der Waals surface area contributed by atoms with Gasteiger partial charge in [-0.25, -0.2) is 9.98 Å². The standard InChI is InChI=1S/C18H23F3N4OS.HI/c1-3-22-17(24-11-13(2)26-14-7-5-4-6-8-14)23-10-9-16-25-15(12-27-16)18(19,20)21;/h4-8,12-13H,3,9-11H2,1-2H3,(H2,22,23,24);1H. The number of rotatable bonds is 8. The third-order valence-corrected chi connectivity index (χ3v) is 4.31. The molecule has 0 fully saturated rings. The molecule has 0 aliphatic carbocycles. The summed E-state index contributed by atoms with van der Waals surface area (Å²) in [4.78, 5) is 8.08. The number of nitrogens with zero attached hydrogens (tertiary/aromatic N) is 2. The van der Waals surface area contributed by atoms with Crippen molar-refractivity contribution >= 4 is 41.3 Å². The van der Waals surface area contributed by atoms with Gasteiger partial charge >= 0.3 is 6.18 Å². The molecule has 2 rings (SSSR count). The summed E-state index contributed by atoms with van der Waals surface area (Å²) < 4.78 is 43.5. The van der Waals surface area contributed by atoms with Crippen LogP contribution in [0.25, 0.3) is 0 Å². The van der Waals surface area contributed by atoms with Gasteiger partial charge in [-0.15, -0.1) is 35.3 Å². The van der Waals surface area contributed by atoms with Crippen LogP contribution in [0, 0.1) is 0 Å². The number of nitrogens with one attached hydrogen (secondary N) is 2. The van der Waals surface area contributed by atoms with Crippen LogP contribution in [-0.2, 0) is 12.6 Å². The fourth-order valence-corrected chi connectivity index (χ4v) is 2.98. The van der Waals surface area contributed by atoms with E-state index < -0.39 is 11.9 Å². The first-order valence-corrected chi connectivity index (χ1v) is 9.52. The van der Waals surface area contributed by atoms with Crippen LogP contribution in [0.5, 0.6) is 5.75 Å². The van der Waals surface area contributed by atoms with Crippen molar-refractivity contribution < 1.29 is 17.9 Å². The van der Waals surface area contributed by atoms with Crippen molar-refractivity contribution in [1.29, 1.82) is 0 Å². The van der Waals surface area contributed by atoms with E-state index in [0.717, 1.165) is 22.5 Å². The van der Waals surface area contributed by atoms with Gasteiger partial charge in [0.25, 0.3) is 0 Å². The Hall–Kier alpha value is -1.56. The highest BCUT2D eigenvalue weighted by atomic mass is 127. The molecule has 2 N–H and O–H groups in total. The quantitative estimate of drug-likeness (QED) is 0.304. The van der Waals surface area contributed by atoms with Crippen LogP contribution in [0.4, 0.5) is 13.2 Å². The highest BCUT2D eigenvalue weighted by Crippen LogP contribution is 2.29. The third-order valence-electron chi connectivity index (χ3n) is 3.40. The van der Waals surface area contributed by atoms with Crippen LogP contribution in [0.2, 0.25) is 0 Å². The second kappa shape index (κ2) is 12.1. The van der Waals surface area contributed by atoms with Crippen molar-refractivity contribution in [3.8, 4) is 5.75 Å². The lowest BCUT2D eigenvalue weighted by molar-refractivity contribution is -0.140. The van der Waals surface area contributed by atoms with E-state index in [1.807, 2.05) is 44.2 Å². The van der Waals surface area contributed by atoms with Crippen molar-refractivity contribution in [3.05, 3.63) is 46.4 Å². The molecule has 156 valence electrons. The Morgan fingerprint density at radius 2 is 1.96 bits per heavy atom. The topological polar surface area (TPSA) is 58.5 Å². The van der Waals surface area contributed by atoms with Crippen LogP contribution >= 0.6 is 35.3 Å². The summed E-state index contributed by atoms with van der Waals surface area (Å²) in [7, 11) is 0. The Bertz CT molecular complexity index is 725. The van der Waals surface area contributed by atoms with E-state index in [0.29, 0.717) is 37.0 Å². The monoisotopic (exact) mass is 528 g/mol. The van der Waals surface area contributed by atoms with Gasteiger partial charge < -0.3 is 15.4 Å². The zero-order chi connectivity index (χ0) is 19.7. The minimum absolute atomic E-state index is 0. The van der Waals surface area contributed by atoms with Gasteiger partial charge in [0.15, 0.2) is 11.7 Å². The van der Waals surface area contributed by atoms with Crippen molar-refractivity contribution in [1.82, 2.24) is 15.6 Å².